The third-order valence-electron chi connectivity index (χ3n) is 3.05. The van der Waals surface area contributed by atoms with Crippen molar-refractivity contribution in [2.24, 2.45) is 5.92 Å². The molecule has 0 spiro atoms. The zero-order valence-electron chi connectivity index (χ0n) is 12.6. The minimum Gasteiger partial charge on any atom is -0.385 e. The number of nitro groups is 1. The zero-order chi connectivity index (χ0) is 15.0. The van der Waals surface area contributed by atoms with Gasteiger partial charge in [-0.05, 0) is 25.3 Å². The van der Waals surface area contributed by atoms with E-state index in [1.807, 2.05) is 13.0 Å². The Balaban J connectivity index is 2.57. The topological polar surface area (TPSA) is 67.2 Å². The molecule has 1 rings (SSSR count). The second-order valence-electron chi connectivity index (χ2n) is 5.37. The largest absolute Gasteiger partial charge is 0.385 e. The van der Waals surface area contributed by atoms with Crippen LogP contribution < -0.4 is 10.6 Å². The fraction of sp³-hybridized carbons (Fsp3) is 0.600. The molecule has 2 N–H and O–H groups in total. The summed E-state index contributed by atoms with van der Waals surface area (Å²) in [6.45, 7) is 8.00. The molecule has 0 aromatic heterocycles. The predicted octanol–water partition coefficient (Wildman–Crippen LogP) is 4.26. The summed E-state index contributed by atoms with van der Waals surface area (Å²) in [7, 11) is 0. The van der Waals surface area contributed by atoms with Gasteiger partial charge >= 0.3 is 0 Å². The summed E-state index contributed by atoms with van der Waals surface area (Å²) in [6, 6.07) is 5.07. The number of hydrogen-bond donors (Lipinski definition) is 2. The van der Waals surface area contributed by atoms with Crippen molar-refractivity contribution < 1.29 is 4.92 Å². The number of benzene rings is 1. The van der Waals surface area contributed by atoms with Crippen LogP contribution >= 0.6 is 0 Å². The van der Waals surface area contributed by atoms with Gasteiger partial charge in [-0.25, -0.2) is 0 Å². The van der Waals surface area contributed by atoms with Crippen molar-refractivity contribution in [2.45, 2.75) is 40.0 Å². The van der Waals surface area contributed by atoms with Crippen LogP contribution in [-0.4, -0.2) is 18.0 Å². The summed E-state index contributed by atoms with van der Waals surface area (Å²) in [5.41, 5.74) is 1.71. The third kappa shape index (κ3) is 5.91. The molecule has 0 aliphatic carbocycles. The first-order chi connectivity index (χ1) is 9.52. The van der Waals surface area contributed by atoms with Gasteiger partial charge in [0.2, 0.25) is 0 Å². The first-order valence-electron chi connectivity index (χ1n) is 7.30. The van der Waals surface area contributed by atoms with Crippen LogP contribution in [0.3, 0.4) is 0 Å². The van der Waals surface area contributed by atoms with E-state index < -0.39 is 0 Å². The van der Waals surface area contributed by atoms with Crippen LogP contribution in [0.1, 0.15) is 40.0 Å². The Kier molecular flexibility index (Phi) is 6.84. The quantitative estimate of drug-likeness (QED) is 0.402. The lowest BCUT2D eigenvalue weighted by Gasteiger charge is -2.10. The number of anilines is 2. The second-order valence-corrected chi connectivity index (χ2v) is 5.37. The van der Waals surface area contributed by atoms with E-state index in [1.54, 1.807) is 12.1 Å². The van der Waals surface area contributed by atoms with Crippen LogP contribution in [0.2, 0.25) is 0 Å². The molecule has 112 valence electrons. The molecule has 0 bridgehead atoms. The standard InChI is InChI=1S/C15H25N3O2/c1-4-16-13-9-14(11-15(10-13)18(19)20)17-8-6-5-7-12(2)3/h9-12,16-17H,4-8H2,1-3H3. The van der Waals surface area contributed by atoms with Gasteiger partial charge in [-0.1, -0.05) is 26.7 Å². The van der Waals surface area contributed by atoms with Gasteiger partial charge in [-0.3, -0.25) is 10.1 Å². The summed E-state index contributed by atoms with van der Waals surface area (Å²) in [4.78, 5) is 10.6. The maximum absolute atomic E-state index is 10.9. The Morgan fingerprint density at radius 1 is 1.15 bits per heavy atom. The molecule has 0 aliphatic heterocycles. The molecule has 0 radical (unpaired) electrons. The van der Waals surface area contributed by atoms with Crippen molar-refractivity contribution in [3.63, 3.8) is 0 Å². The molecule has 0 saturated heterocycles. The number of unbranched alkanes of at least 4 members (excludes halogenated alkanes) is 1. The van der Waals surface area contributed by atoms with Crippen molar-refractivity contribution in [3.05, 3.63) is 28.3 Å². The lowest BCUT2D eigenvalue weighted by atomic mass is 10.1. The highest BCUT2D eigenvalue weighted by atomic mass is 16.6. The molecule has 0 unspecified atom stereocenters. The van der Waals surface area contributed by atoms with E-state index in [9.17, 15) is 10.1 Å². The minimum atomic E-state index is -0.356. The van der Waals surface area contributed by atoms with Crippen LogP contribution in [0, 0.1) is 16.0 Å². The molecule has 0 saturated carbocycles. The second kappa shape index (κ2) is 8.40. The van der Waals surface area contributed by atoms with Crippen molar-refractivity contribution in [1.82, 2.24) is 0 Å². The maximum atomic E-state index is 10.9. The first-order valence-corrected chi connectivity index (χ1v) is 7.30. The molecule has 0 heterocycles. The fourth-order valence-corrected chi connectivity index (χ4v) is 2.04. The zero-order valence-corrected chi connectivity index (χ0v) is 12.6. The summed E-state index contributed by atoms with van der Waals surface area (Å²) in [5, 5.41) is 17.3. The normalized spacial score (nSPS) is 10.6. The summed E-state index contributed by atoms with van der Waals surface area (Å²) < 4.78 is 0. The summed E-state index contributed by atoms with van der Waals surface area (Å²) in [5.74, 6) is 0.730. The van der Waals surface area contributed by atoms with Gasteiger partial charge in [0.1, 0.15) is 0 Å². The van der Waals surface area contributed by atoms with Gasteiger partial charge in [0, 0.05) is 36.6 Å². The maximum Gasteiger partial charge on any atom is 0.273 e. The van der Waals surface area contributed by atoms with E-state index in [4.69, 9.17) is 0 Å². The van der Waals surface area contributed by atoms with E-state index in [-0.39, 0.29) is 10.6 Å². The smallest absolute Gasteiger partial charge is 0.273 e. The minimum absolute atomic E-state index is 0.119. The molecule has 1 aromatic rings. The van der Waals surface area contributed by atoms with E-state index in [2.05, 4.69) is 24.5 Å². The monoisotopic (exact) mass is 279 g/mol. The Morgan fingerprint density at radius 3 is 2.35 bits per heavy atom. The number of nitro benzene ring substituents is 1. The van der Waals surface area contributed by atoms with Crippen molar-refractivity contribution in [1.29, 1.82) is 0 Å². The van der Waals surface area contributed by atoms with Gasteiger partial charge < -0.3 is 10.6 Å². The lowest BCUT2D eigenvalue weighted by molar-refractivity contribution is -0.384. The van der Waals surface area contributed by atoms with Crippen LogP contribution in [-0.2, 0) is 0 Å². The van der Waals surface area contributed by atoms with Crippen LogP contribution in [0.25, 0.3) is 0 Å². The molecular weight excluding hydrogens is 254 g/mol. The number of rotatable bonds is 9. The molecule has 5 heteroatoms. The third-order valence-corrected chi connectivity index (χ3v) is 3.05. The van der Waals surface area contributed by atoms with Crippen LogP contribution in [0.4, 0.5) is 17.1 Å². The number of non-ortho nitro benzene ring substituents is 1. The SMILES string of the molecule is CCNc1cc(NCCCCC(C)C)cc([N+](=O)[O-])c1. The van der Waals surface area contributed by atoms with Gasteiger partial charge in [0.05, 0.1) is 4.92 Å². The lowest BCUT2D eigenvalue weighted by Crippen LogP contribution is -2.04. The molecule has 0 atom stereocenters. The average Bonchev–Trinajstić information content (AvgIpc) is 2.38. The molecule has 20 heavy (non-hydrogen) atoms. The molecule has 5 nitrogen and oxygen atoms in total. The van der Waals surface area contributed by atoms with Crippen LogP contribution in [0.15, 0.2) is 18.2 Å². The predicted molar refractivity (Wildman–Crippen MR) is 84.4 cm³/mol. The number of nitrogens with zero attached hydrogens (tertiary/aromatic N) is 1. The van der Waals surface area contributed by atoms with Crippen molar-refractivity contribution in [3.8, 4) is 0 Å². The number of nitrogens with one attached hydrogen (secondary N) is 2. The molecule has 0 aliphatic rings. The molecular formula is C15H25N3O2. The van der Waals surface area contributed by atoms with E-state index >= 15 is 0 Å². The molecule has 0 fully saturated rings. The number of hydrogen-bond acceptors (Lipinski definition) is 4. The molecule has 0 amide bonds. The Morgan fingerprint density at radius 2 is 1.80 bits per heavy atom. The highest BCUT2D eigenvalue weighted by Crippen LogP contribution is 2.24. The van der Waals surface area contributed by atoms with Gasteiger partial charge in [-0.15, -0.1) is 0 Å². The fourth-order valence-electron chi connectivity index (χ4n) is 2.04. The Bertz CT molecular complexity index is 433. The summed E-state index contributed by atoms with van der Waals surface area (Å²) in [6.07, 6.45) is 3.48. The van der Waals surface area contributed by atoms with Crippen molar-refractivity contribution in [2.75, 3.05) is 23.7 Å². The van der Waals surface area contributed by atoms with E-state index in [1.165, 1.54) is 12.8 Å². The van der Waals surface area contributed by atoms with E-state index in [0.29, 0.717) is 0 Å². The van der Waals surface area contributed by atoms with Gasteiger partial charge in [0.25, 0.3) is 5.69 Å². The van der Waals surface area contributed by atoms with Gasteiger partial charge in [-0.2, -0.15) is 0 Å². The first kappa shape index (κ1) is 16.3. The Hall–Kier alpha value is -1.78. The average molecular weight is 279 g/mol. The van der Waals surface area contributed by atoms with E-state index in [0.717, 1.165) is 36.8 Å². The van der Waals surface area contributed by atoms with Gasteiger partial charge in [0.15, 0.2) is 0 Å². The molecule has 1 aromatic carbocycles. The Labute approximate surface area is 120 Å². The summed E-state index contributed by atoms with van der Waals surface area (Å²) >= 11 is 0. The van der Waals surface area contributed by atoms with Crippen molar-refractivity contribution >= 4 is 17.1 Å². The highest BCUT2D eigenvalue weighted by molar-refractivity contribution is 5.63. The highest BCUT2D eigenvalue weighted by Gasteiger charge is 2.09. The van der Waals surface area contributed by atoms with Crippen LogP contribution in [0.5, 0.6) is 0 Å².